The van der Waals surface area contributed by atoms with Crippen LogP contribution >= 0.6 is 11.8 Å². The highest BCUT2D eigenvalue weighted by molar-refractivity contribution is 7.99. The number of halogens is 2. The molecule has 2 aliphatic heterocycles. The topological polar surface area (TPSA) is 12.5 Å². The average molecular weight is 478 g/mol. The Labute approximate surface area is 204 Å². The molecule has 0 saturated carbocycles. The standard InChI is InChI=1S/C29H29F2NOS/c1-20-7-12-24(27(31)17-20)26-19-34-28-6-3-2-5-25(28)29(26)21-8-10-22(11-9-21)33-23-13-16-32(18-23)15-4-14-30/h2-3,5-12,17,23H,4,13-16,18-19H2,1H3/t23-/m0/s1. The van der Waals surface area contributed by atoms with Gasteiger partial charge >= 0.3 is 0 Å². The predicted molar refractivity (Wildman–Crippen MR) is 137 cm³/mol. The minimum absolute atomic E-state index is 0.133. The largest absolute Gasteiger partial charge is 0.489 e. The van der Waals surface area contributed by atoms with Crippen molar-refractivity contribution in [2.45, 2.75) is 30.8 Å². The first-order valence-corrected chi connectivity index (χ1v) is 12.9. The van der Waals surface area contributed by atoms with Gasteiger partial charge in [-0.3, -0.25) is 9.29 Å². The number of thioether (sulfide) groups is 1. The van der Waals surface area contributed by atoms with Gasteiger partial charge in [0.15, 0.2) is 0 Å². The van der Waals surface area contributed by atoms with Crippen LogP contribution in [0.15, 0.2) is 71.6 Å². The van der Waals surface area contributed by atoms with Crippen LogP contribution in [-0.2, 0) is 0 Å². The van der Waals surface area contributed by atoms with Gasteiger partial charge in [-0.15, -0.1) is 11.8 Å². The summed E-state index contributed by atoms with van der Waals surface area (Å²) < 4.78 is 33.7. The third-order valence-corrected chi connectivity index (χ3v) is 7.66. The van der Waals surface area contributed by atoms with Crippen LogP contribution in [0.1, 0.15) is 35.1 Å². The Kier molecular flexibility index (Phi) is 7.02. The van der Waals surface area contributed by atoms with Crippen molar-refractivity contribution in [3.8, 4) is 5.75 Å². The van der Waals surface area contributed by atoms with E-state index in [0.29, 0.717) is 12.0 Å². The fourth-order valence-electron chi connectivity index (χ4n) is 4.86. The molecule has 0 N–H and O–H groups in total. The summed E-state index contributed by atoms with van der Waals surface area (Å²) in [5.74, 6) is 1.38. The third kappa shape index (κ3) is 4.91. The average Bonchev–Trinajstić information content (AvgIpc) is 3.30. The zero-order valence-electron chi connectivity index (χ0n) is 19.4. The Morgan fingerprint density at radius 1 is 1.03 bits per heavy atom. The highest BCUT2D eigenvalue weighted by Crippen LogP contribution is 2.44. The lowest BCUT2D eigenvalue weighted by atomic mass is 9.89. The number of rotatable bonds is 7. The molecule has 5 rings (SSSR count). The highest BCUT2D eigenvalue weighted by atomic mass is 32.2. The lowest BCUT2D eigenvalue weighted by Gasteiger charge is -2.24. The van der Waals surface area contributed by atoms with Crippen molar-refractivity contribution >= 4 is 22.9 Å². The monoisotopic (exact) mass is 477 g/mol. The number of alkyl halides is 1. The lowest BCUT2D eigenvalue weighted by molar-refractivity contribution is 0.198. The molecule has 0 radical (unpaired) electrons. The number of benzene rings is 3. The molecule has 0 spiro atoms. The van der Waals surface area contributed by atoms with E-state index in [2.05, 4.69) is 35.2 Å². The van der Waals surface area contributed by atoms with Gasteiger partial charge in [0.25, 0.3) is 0 Å². The Bertz CT molecular complexity index is 1190. The summed E-state index contributed by atoms with van der Waals surface area (Å²) in [7, 11) is 0. The van der Waals surface area contributed by atoms with E-state index in [0.717, 1.165) is 65.4 Å². The Hall–Kier alpha value is -2.63. The van der Waals surface area contributed by atoms with Gasteiger partial charge in [0, 0.05) is 35.8 Å². The quantitative estimate of drug-likeness (QED) is 0.363. The molecule has 0 unspecified atom stereocenters. The van der Waals surface area contributed by atoms with Crippen molar-refractivity contribution < 1.29 is 13.5 Å². The van der Waals surface area contributed by atoms with Crippen LogP contribution in [-0.4, -0.2) is 43.1 Å². The van der Waals surface area contributed by atoms with E-state index in [9.17, 15) is 4.39 Å². The summed E-state index contributed by atoms with van der Waals surface area (Å²) in [6.07, 6.45) is 1.68. The minimum Gasteiger partial charge on any atom is -0.489 e. The number of hydrogen-bond donors (Lipinski definition) is 0. The fourth-order valence-corrected chi connectivity index (χ4v) is 5.96. The first-order valence-electron chi connectivity index (χ1n) is 11.9. The van der Waals surface area contributed by atoms with Crippen molar-refractivity contribution in [3.05, 3.63) is 94.8 Å². The number of nitrogens with zero attached hydrogens (tertiary/aromatic N) is 1. The van der Waals surface area contributed by atoms with Crippen LogP contribution in [0.4, 0.5) is 8.78 Å². The number of aryl methyl sites for hydroxylation is 1. The molecule has 34 heavy (non-hydrogen) atoms. The van der Waals surface area contributed by atoms with Crippen LogP contribution in [0.25, 0.3) is 11.1 Å². The maximum atomic E-state index is 15.0. The third-order valence-electron chi connectivity index (χ3n) is 6.56. The molecule has 2 nitrogen and oxygen atoms in total. The van der Waals surface area contributed by atoms with Gasteiger partial charge in [0.05, 0.1) is 6.67 Å². The molecular weight excluding hydrogens is 448 g/mol. The van der Waals surface area contributed by atoms with E-state index in [-0.39, 0.29) is 18.6 Å². The number of fused-ring (bicyclic) bond motifs is 1. The zero-order valence-corrected chi connectivity index (χ0v) is 20.2. The van der Waals surface area contributed by atoms with Crippen LogP contribution < -0.4 is 4.74 Å². The first kappa shape index (κ1) is 23.1. The Morgan fingerprint density at radius 2 is 1.85 bits per heavy atom. The van der Waals surface area contributed by atoms with E-state index >= 15 is 4.39 Å². The molecule has 1 saturated heterocycles. The van der Waals surface area contributed by atoms with Crippen molar-refractivity contribution in [2.24, 2.45) is 0 Å². The molecule has 0 aliphatic carbocycles. The number of hydrogen-bond acceptors (Lipinski definition) is 3. The van der Waals surface area contributed by atoms with Gasteiger partial charge in [-0.2, -0.15) is 0 Å². The predicted octanol–water partition coefficient (Wildman–Crippen LogP) is 7.01. The molecule has 0 amide bonds. The van der Waals surface area contributed by atoms with Gasteiger partial charge in [-0.1, -0.05) is 42.5 Å². The summed E-state index contributed by atoms with van der Waals surface area (Å²) in [6, 6.07) is 22.0. The second-order valence-corrected chi connectivity index (χ2v) is 10.0. The summed E-state index contributed by atoms with van der Waals surface area (Å²) in [6.45, 7) is 4.23. The summed E-state index contributed by atoms with van der Waals surface area (Å²) in [4.78, 5) is 3.48. The van der Waals surface area contributed by atoms with E-state index in [1.54, 1.807) is 17.8 Å². The zero-order chi connectivity index (χ0) is 23.5. The van der Waals surface area contributed by atoms with Crippen LogP contribution in [0.3, 0.4) is 0 Å². The Morgan fingerprint density at radius 3 is 2.65 bits per heavy atom. The summed E-state index contributed by atoms with van der Waals surface area (Å²) in [5.41, 5.74) is 5.90. The Balaban J connectivity index is 1.44. The SMILES string of the molecule is Cc1ccc(C2=C(c3ccc(O[C@H]4CCN(CCCF)C4)cc3)c3ccccc3SC2)c(F)c1. The van der Waals surface area contributed by atoms with E-state index < -0.39 is 0 Å². The second kappa shape index (κ2) is 10.3. The molecule has 0 bridgehead atoms. The summed E-state index contributed by atoms with van der Waals surface area (Å²) in [5, 5.41) is 0. The van der Waals surface area contributed by atoms with Crippen LogP contribution in [0.5, 0.6) is 5.75 Å². The molecule has 2 aliphatic rings. The molecule has 0 aromatic heterocycles. The molecule has 176 valence electrons. The van der Waals surface area contributed by atoms with Gasteiger partial charge in [-0.25, -0.2) is 4.39 Å². The second-order valence-electron chi connectivity index (χ2n) is 9.02. The maximum absolute atomic E-state index is 15.0. The smallest absolute Gasteiger partial charge is 0.131 e. The van der Waals surface area contributed by atoms with Crippen molar-refractivity contribution in [1.29, 1.82) is 0 Å². The molecule has 1 atom stereocenters. The van der Waals surface area contributed by atoms with E-state index in [4.69, 9.17) is 4.74 Å². The number of ether oxygens (including phenoxy) is 1. The van der Waals surface area contributed by atoms with Crippen molar-refractivity contribution in [1.82, 2.24) is 4.90 Å². The highest BCUT2D eigenvalue weighted by Gasteiger charge is 2.25. The molecule has 3 aromatic carbocycles. The van der Waals surface area contributed by atoms with Crippen LogP contribution in [0.2, 0.25) is 0 Å². The van der Waals surface area contributed by atoms with E-state index in [1.807, 2.05) is 37.3 Å². The van der Waals surface area contributed by atoms with Crippen molar-refractivity contribution in [2.75, 3.05) is 32.1 Å². The minimum atomic E-state index is -0.268. The molecule has 2 heterocycles. The van der Waals surface area contributed by atoms with Gasteiger partial charge in [-0.05, 0) is 71.9 Å². The molecule has 1 fully saturated rings. The summed E-state index contributed by atoms with van der Waals surface area (Å²) >= 11 is 1.76. The maximum Gasteiger partial charge on any atom is 0.131 e. The van der Waals surface area contributed by atoms with Gasteiger partial charge in [0.2, 0.25) is 0 Å². The molecule has 3 aromatic rings. The van der Waals surface area contributed by atoms with Gasteiger partial charge < -0.3 is 4.74 Å². The van der Waals surface area contributed by atoms with Crippen LogP contribution in [0, 0.1) is 12.7 Å². The van der Waals surface area contributed by atoms with Gasteiger partial charge in [0.1, 0.15) is 17.7 Å². The fraction of sp³-hybridized carbons (Fsp3) is 0.310. The number of likely N-dealkylation sites (tertiary alicyclic amines) is 1. The first-order chi connectivity index (χ1) is 16.6. The van der Waals surface area contributed by atoms with E-state index in [1.165, 1.54) is 4.90 Å². The lowest BCUT2D eigenvalue weighted by Crippen LogP contribution is -2.26. The molecular formula is C29H29F2NOS. The molecule has 5 heteroatoms. The normalized spacial score (nSPS) is 18.3. The van der Waals surface area contributed by atoms with Crippen molar-refractivity contribution in [3.63, 3.8) is 0 Å².